The number of rotatable bonds is 3. The molecule has 8 heteroatoms. The van der Waals surface area contributed by atoms with Crippen LogP contribution in [0.2, 0.25) is 0 Å². The highest BCUT2D eigenvalue weighted by molar-refractivity contribution is 5.92. The van der Waals surface area contributed by atoms with Gasteiger partial charge in [0.15, 0.2) is 0 Å². The van der Waals surface area contributed by atoms with Crippen LogP contribution in [-0.4, -0.2) is 34.7 Å². The minimum Gasteiger partial charge on any atom is -0.388 e. The summed E-state index contributed by atoms with van der Waals surface area (Å²) in [6.07, 6.45) is -2.06. The van der Waals surface area contributed by atoms with Crippen molar-refractivity contribution in [2.24, 2.45) is 5.73 Å². The number of alkyl halides is 3. The summed E-state index contributed by atoms with van der Waals surface area (Å²) in [4.78, 5) is 17.3. The normalized spacial score (nSPS) is 21.5. The summed E-state index contributed by atoms with van der Waals surface area (Å²) in [5, 5.41) is 11.6. The van der Waals surface area contributed by atoms with Gasteiger partial charge < -0.3 is 15.7 Å². The number of pyridine rings is 1. The lowest BCUT2D eigenvalue weighted by molar-refractivity contribution is -0.137. The number of carbonyl (C=O) groups excluding carboxylic acids is 1. The molecule has 1 aromatic heterocycles. The highest BCUT2D eigenvalue weighted by atomic mass is 19.4. The van der Waals surface area contributed by atoms with Gasteiger partial charge in [0.2, 0.25) is 5.91 Å². The molecular formula is C17H18F3N3O2. The Hall–Kier alpha value is -2.35. The number of hydrogen-bond donors (Lipinski definition) is 2. The zero-order valence-electron chi connectivity index (χ0n) is 13.4. The molecule has 0 bridgehead atoms. The van der Waals surface area contributed by atoms with E-state index in [0.717, 1.165) is 12.1 Å². The van der Waals surface area contributed by atoms with E-state index < -0.39 is 23.2 Å². The predicted molar refractivity (Wildman–Crippen MR) is 87.0 cm³/mol. The minimum absolute atomic E-state index is 0.156. The van der Waals surface area contributed by atoms with Crippen LogP contribution in [0.5, 0.6) is 0 Å². The van der Waals surface area contributed by atoms with Crippen molar-refractivity contribution >= 4 is 22.5 Å². The predicted octanol–water partition coefficient (Wildman–Crippen LogP) is 2.46. The smallest absolute Gasteiger partial charge is 0.388 e. The second kappa shape index (κ2) is 6.18. The zero-order valence-corrected chi connectivity index (χ0v) is 13.4. The number of aromatic nitrogens is 1. The van der Waals surface area contributed by atoms with E-state index in [1.54, 1.807) is 4.90 Å². The van der Waals surface area contributed by atoms with Gasteiger partial charge in [0, 0.05) is 24.7 Å². The van der Waals surface area contributed by atoms with Crippen LogP contribution in [0.4, 0.5) is 19.0 Å². The number of β-amino-alcohol motifs (C(OH)–C–C–N with tert-alkyl or cyclic N) is 1. The lowest BCUT2D eigenvalue weighted by Crippen LogP contribution is -2.50. The van der Waals surface area contributed by atoms with E-state index in [4.69, 9.17) is 5.73 Å². The fraction of sp³-hybridized carbons (Fsp3) is 0.412. The van der Waals surface area contributed by atoms with Gasteiger partial charge >= 0.3 is 6.18 Å². The van der Waals surface area contributed by atoms with Crippen LogP contribution in [0.25, 0.3) is 10.8 Å². The van der Waals surface area contributed by atoms with E-state index >= 15 is 0 Å². The average molecular weight is 353 g/mol. The quantitative estimate of drug-likeness (QED) is 0.888. The van der Waals surface area contributed by atoms with E-state index in [2.05, 4.69) is 4.98 Å². The summed E-state index contributed by atoms with van der Waals surface area (Å²) >= 11 is 0. The van der Waals surface area contributed by atoms with Crippen molar-refractivity contribution < 1.29 is 23.1 Å². The van der Waals surface area contributed by atoms with E-state index in [-0.39, 0.29) is 13.0 Å². The van der Waals surface area contributed by atoms with E-state index in [1.165, 1.54) is 18.3 Å². The number of carbonyl (C=O) groups is 1. The molecule has 1 aliphatic heterocycles. The fourth-order valence-corrected chi connectivity index (χ4v) is 3.35. The van der Waals surface area contributed by atoms with Crippen LogP contribution in [-0.2, 0) is 11.0 Å². The van der Waals surface area contributed by atoms with Crippen molar-refractivity contribution in [3.8, 4) is 0 Å². The molecule has 1 aromatic carbocycles. The molecule has 1 unspecified atom stereocenters. The number of anilines is 1. The molecule has 3 rings (SSSR count). The van der Waals surface area contributed by atoms with Gasteiger partial charge in [-0.3, -0.25) is 4.79 Å². The first-order valence-electron chi connectivity index (χ1n) is 7.90. The van der Waals surface area contributed by atoms with Crippen molar-refractivity contribution in [2.75, 3.05) is 18.0 Å². The first-order valence-corrected chi connectivity index (χ1v) is 7.90. The van der Waals surface area contributed by atoms with Crippen LogP contribution in [0.15, 0.2) is 30.5 Å². The molecule has 2 heterocycles. The number of nitrogens with two attached hydrogens (primary N) is 1. The van der Waals surface area contributed by atoms with E-state index in [9.17, 15) is 23.1 Å². The van der Waals surface area contributed by atoms with Crippen LogP contribution in [0, 0.1) is 0 Å². The Kier molecular flexibility index (Phi) is 4.32. The van der Waals surface area contributed by atoms with Gasteiger partial charge in [-0.2, -0.15) is 13.2 Å². The Morgan fingerprint density at radius 3 is 2.80 bits per heavy atom. The molecule has 0 spiro atoms. The van der Waals surface area contributed by atoms with Crippen molar-refractivity contribution in [1.82, 2.24) is 4.98 Å². The summed E-state index contributed by atoms with van der Waals surface area (Å²) in [5.74, 6) is -0.0983. The maximum atomic E-state index is 12.9. The molecule has 1 saturated heterocycles. The van der Waals surface area contributed by atoms with Crippen LogP contribution >= 0.6 is 0 Å². The molecule has 3 N–H and O–H groups in total. The number of hydrogen-bond acceptors (Lipinski definition) is 4. The number of benzene rings is 1. The SMILES string of the molecule is NC(=O)CC1(O)CCCN(c2nccc3cc(C(F)(F)F)ccc23)C1. The number of piperidine rings is 1. The number of aliphatic hydroxyl groups is 1. The molecule has 134 valence electrons. The van der Waals surface area contributed by atoms with Crippen molar-refractivity contribution in [1.29, 1.82) is 0 Å². The van der Waals surface area contributed by atoms with E-state index in [0.29, 0.717) is 36.0 Å². The molecule has 25 heavy (non-hydrogen) atoms. The lowest BCUT2D eigenvalue weighted by atomic mass is 9.89. The summed E-state index contributed by atoms with van der Waals surface area (Å²) in [5.41, 5.74) is 3.23. The van der Waals surface area contributed by atoms with Crippen molar-refractivity contribution in [3.63, 3.8) is 0 Å². The summed E-state index contributed by atoms with van der Waals surface area (Å²) in [6.45, 7) is 0.747. The van der Waals surface area contributed by atoms with Crippen molar-refractivity contribution in [2.45, 2.75) is 31.0 Å². The third-order valence-corrected chi connectivity index (χ3v) is 4.43. The number of nitrogens with zero attached hydrogens (tertiary/aromatic N) is 2. The highest BCUT2D eigenvalue weighted by Gasteiger charge is 2.36. The maximum Gasteiger partial charge on any atom is 0.416 e. The Balaban J connectivity index is 1.97. The molecule has 0 radical (unpaired) electrons. The largest absolute Gasteiger partial charge is 0.416 e. The zero-order chi connectivity index (χ0) is 18.2. The Labute approximate surface area is 142 Å². The van der Waals surface area contributed by atoms with Gasteiger partial charge in [-0.15, -0.1) is 0 Å². The number of primary amides is 1. The topological polar surface area (TPSA) is 79.5 Å². The number of fused-ring (bicyclic) bond motifs is 1. The summed E-state index contributed by atoms with van der Waals surface area (Å²) in [7, 11) is 0. The average Bonchev–Trinajstić information content (AvgIpc) is 2.51. The Morgan fingerprint density at radius 1 is 1.36 bits per heavy atom. The lowest BCUT2D eigenvalue weighted by Gasteiger charge is -2.39. The second-order valence-electron chi connectivity index (χ2n) is 6.46. The summed E-state index contributed by atoms with van der Waals surface area (Å²) in [6, 6.07) is 5.02. The molecule has 1 aliphatic rings. The van der Waals surface area contributed by atoms with Gasteiger partial charge in [0.05, 0.1) is 17.6 Å². The van der Waals surface area contributed by atoms with Crippen LogP contribution in [0.3, 0.4) is 0 Å². The first-order chi connectivity index (χ1) is 11.7. The standard InChI is InChI=1S/C17H18F3N3O2/c18-17(19,20)12-2-3-13-11(8-12)4-6-22-15(13)23-7-1-5-16(25,10-23)9-14(21)24/h2-4,6,8,25H,1,5,7,9-10H2,(H2,21,24). The molecular weight excluding hydrogens is 335 g/mol. The first kappa shape index (κ1) is 17.5. The fourth-order valence-electron chi connectivity index (χ4n) is 3.35. The monoisotopic (exact) mass is 353 g/mol. The summed E-state index contributed by atoms with van der Waals surface area (Å²) < 4.78 is 38.7. The molecule has 0 saturated carbocycles. The Bertz CT molecular complexity index is 809. The number of halogens is 3. The van der Waals surface area contributed by atoms with Gasteiger partial charge in [-0.1, -0.05) is 6.07 Å². The third-order valence-electron chi connectivity index (χ3n) is 4.43. The van der Waals surface area contributed by atoms with Crippen LogP contribution in [0.1, 0.15) is 24.8 Å². The molecule has 1 atom stereocenters. The van der Waals surface area contributed by atoms with E-state index in [1.807, 2.05) is 0 Å². The molecule has 5 nitrogen and oxygen atoms in total. The van der Waals surface area contributed by atoms with Gasteiger partial charge in [-0.25, -0.2) is 4.98 Å². The minimum atomic E-state index is -4.41. The maximum absolute atomic E-state index is 12.9. The number of amides is 1. The van der Waals surface area contributed by atoms with Crippen molar-refractivity contribution in [3.05, 3.63) is 36.0 Å². The van der Waals surface area contributed by atoms with Gasteiger partial charge in [0.25, 0.3) is 0 Å². The molecule has 2 aromatic rings. The molecule has 0 aliphatic carbocycles. The third kappa shape index (κ3) is 3.68. The molecule has 1 fully saturated rings. The van der Waals surface area contributed by atoms with Crippen LogP contribution < -0.4 is 10.6 Å². The molecule has 1 amide bonds. The second-order valence-corrected chi connectivity index (χ2v) is 6.46. The Morgan fingerprint density at radius 2 is 2.12 bits per heavy atom. The van der Waals surface area contributed by atoms with Gasteiger partial charge in [0.1, 0.15) is 5.82 Å². The highest BCUT2D eigenvalue weighted by Crippen LogP contribution is 2.35. The van der Waals surface area contributed by atoms with Gasteiger partial charge in [-0.05, 0) is 36.4 Å².